The van der Waals surface area contributed by atoms with E-state index in [4.69, 9.17) is 8.83 Å². The summed E-state index contributed by atoms with van der Waals surface area (Å²) in [5.41, 5.74) is 38.3. The van der Waals surface area contributed by atoms with Crippen LogP contribution in [0.2, 0.25) is 0 Å². The molecule has 0 unspecified atom stereocenters. The van der Waals surface area contributed by atoms with Crippen LogP contribution >= 0.6 is 0 Å². The maximum absolute atomic E-state index is 6.20. The van der Waals surface area contributed by atoms with Gasteiger partial charge in [-0.15, -0.1) is 0 Å². The average molecular weight is 1890 g/mol. The SMILES string of the molecule is c1ccc(-n2c3ccccc3c3cc(-c4ccc(N(c5ccc(-c6ccc7oc8ccccc8c7c6)cc5)c5ccc(-c6ccc7c8ccccc8n(-c8ccccc8)c7c6)cc5)c5ccccc45)ccc32)cc1.c1ccc(-n2c3ccccc3c3cc(-c4ccc(N(c5ccc(-c6ccc7oc8ccccc8c7c6)cc5)c5ccc6cc(-c7ccc8c9ccccc9n(-c9ccccc9)c8c7)ccc6c5)cc4)ccc32)cc1. The van der Waals surface area contributed by atoms with Crippen molar-refractivity contribution in [3.63, 3.8) is 0 Å². The number of hydrogen-bond donors (Lipinski definition) is 0. The maximum atomic E-state index is 6.20. The normalized spacial score (nSPS) is 11.8. The van der Waals surface area contributed by atoms with Gasteiger partial charge in [-0.3, -0.25) is 0 Å². The first-order valence-electron chi connectivity index (χ1n) is 50.6. The molecule has 8 heteroatoms. The Labute approximate surface area is 853 Å². The summed E-state index contributed by atoms with van der Waals surface area (Å²) in [6, 6.07) is 198. The summed E-state index contributed by atoms with van der Waals surface area (Å²) in [5.74, 6) is 0. The molecule has 0 aliphatic rings. The van der Waals surface area contributed by atoms with Crippen molar-refractivity contribution in [3.8, 4) is 89.5 Å². The number of nitrogens with zero attached hydrogens (tertiary/aromatic N) is 6. The molecule has 6 aromatic heterocycles. The van der Waals surface area contributed by atoms with Crippen molar-refractivity contribution in [2.24, 2.45) is 0 Å². The number of aromatic nitrogens is 4. The van der Waals surface area contributed by atoms with Crippen molar-refractivity contribution in [2.45, 2.75) is 0 Å². The number of para-hydroxylation sites is 10. The quantitative estimate of drug-likeness (QED) is 0.0967. The van der Waals surface area contributed by atoms with E-state index in [1.54, 1.807) is 0 Å². The molecule has 30 aromatic rings. The molecule has 8 nitrogen and oxygen atoms in total. The third-order valence-corrected chi connectivity index (χ3v) is 30.2. The molecule has 0 saturated heterocycles. The number of rotatable bonds is 16. The molecule has 148 heavy (non-hydrogen) atoms. The van der Waals surface area contributed by atoms with E-state index in [1.165, 1.54) is 142 Å². The Morgan fingerprint density at radius 1 is 0.135 bits per heavy atom. The minimum absolute atomic E-state index is 0.897. The Morgan fingerprint density at radius 3 is 0.845 bits per heavy atom. The van der Waals surface area contributed by atoms with Gasteiger partial charge in [-0.1, -0.05) is 328 Å². The van der Waals surface area contributed by atoms with Crippen molar-refractivity contribution in [2.75, 3.05) is 9.80 Å². The number of hydrogen-bond acceptors (Lipinski definition) is 4. The van der Waals surface area contributed by atoms with Crippen LogP contribution in [0.25, 0.3) is 242 Å². The summed E-state index contributed by atoms with van der Waals surface area (Å²) in [4.78, 5) is 4.79. The van der Waals surface area contributed by atoms with Crippen LogP contribution in [0.15, 0.2) is 555 Å². The summed E-state index contributed by atoms with van der Waals surface area (Å²) >= 11 is 0. The second-order valence-corrected chi connectivity index (χ2v) is 38.6. The molecular formula is C140H90N6O2. The molecule has 0 amide bonds. The molecule has 0 aliphatic heterocycles. The molecule has 30 rings (SSSR count). The minimum Gasteiger partial charge on any atom is -0.456 e. The highest BCUT2D eigenvalue weighted by molar-refractivity contribution is 6.17. The van der Waals surface area contributed by atoms with Gasteiger partial charge in [-0.05, 0) is 301 Å². The minimum atomic E-state index is 0.897. The highest BCUT2D eigenvalue weighted by Crippen LogP contribution is 2.49. The van der Waals surface area contributed by atoms with Gasteiger partial charge in [-0.25, -0.2) is 0 Å². The zero-order valence-corrected chi connectivity index (χ0v) is 80.5. The fraction of sp³-hybridized carbons (Fsp3) is 0. The van der Waals surface area contributed by atoms with Crippen molar-refractivity contribution in [1.82, 2.24) is 18.3 Å². The Bertz CT molecular complexity index is 10500. The first-order valence-corrected chi connectivity index (χ1v) is 50.6. The van der Waals surface area contributed by atoms with Crippen LogP contribution in [-0.2, 0) is 0 Å². The zero-order chi connectivity index (χ0) is 97.4. The summed E-state index contributed by atoms with van der Waals surface area (Å²) < 4.78 is 21.9. The highest BCUT2D eigenvalue weighted by Gasteiger charge is 2.26. The molecule has 692 valence electrons. The van der Waals surface area contributed by atoms with E-state index < -0.39 is 0 Å². The predicted octanol–water partition coefficient (Wildman–Crippen LogP) is 38.8. The lowest BCUT2D eigenvalue weighted by Crippen LogP contribution is -2.10. The van der Waals surface area contributed by atoms with Gasteiger partial charge in [0.2, 0.25) is 0 Å². The van der Waals surface area contributed by atoms with Crippen LogP contribution in [0.3, 0.4) is 0 Å². The fourth-order valence-electron chi connectivity index (χ4n) is 23.2. The monoisotopic (exact) mass is 1890 g/mol. The van der Waals surface area contributed by atoms with Crippen molar-refractivity contribution in [3.05, 3.63) is 546 Å². The van der Waals surface area contributed by atoms with E-state index in [2.05, 4.69) is 550 Å². The lowest BCUT2D eigenvalue weighted by atomic mass is 9.95. The van der Waals surface area contributed by atoms with Gasteiger partial charge in [-0.2, -0.15) is 0 Å². The molecule has 0 fully saturated rings. The molecule has 0 bridgehead atoms. The fourth-order valence-corrected chi connectivity index (χ4v) is 23.2. The molecule has 0 aliphatic carbocycles. The Morgan fingerprint density at radius 2 is 0.405 bits per heavy atom. The van der Waals surface area contributed by atoms with Gasteiger partial charge in [0, 0.05) is 121 Å². The van der Waals surface area contributed by atoms with Crippen LogP contribution in [0.1, 0.15) is 0 Å². The van der Waals surface area contributed by atoms with E-state index in [9.17, 15) is 0 Å². The molecule has 0 saturated carbocycles. The molecular weight excluding hydrogens is 1800 g/mol. The van der Waals surface area contributed by atoms with Gasteiger partial charge < -0.3 is 36.9 Å². The number of anilines is 6. The molecule has 0 N–H and O–H groups in total. The second-order valence-electron chi connectivity index (χ2n) is 38.6. The molecule has 0 radical (unpaired) electrons. The Kier molecular flexibility index (Phi) is 20.2. The smallest absolute Gasteiger partial charge is 0.135 e. The number of benzene rings is 24. The summed E-state index contributed by atoms with van der Waals surface area (Å²) in [6.45, 7) is 0. The van der Waals surface area contributed by atoms with Crippen LogP contribution in [-0.4, -0.2) is 18.3 Å². The molecule has 0 spiro atoms. The van der Waals surface area contributed by atoms with Gasteiger partial charge in [0.1, 0.15) is 22.3 Å². The topological polar surface area (TPSA) is 52.5 Å². The average Bonchev–Trinajstić information content (AvgIpc) is 1.54. The van der Waals surface area contributed by atoms with Crippen LogP contribution < -0.4 is 9.80 Å². The molecule has 24 aromatic carbocycles. The molecule has 6 heterocycles. The van der Waals surface area contributed by atoms with E-state index in [1.807, 2.05) is 24.3 Å². The highest BCUT2D eigenvalue weighted by atomic mass is 16.3. The maximum Gasteiger partial charge on any atom is 0.135 e. The largest absolute Gasteiger partial charge is 0.456 e. The summed E-state index contributed by atoms with van der Waals surface area (Å²) in [5, 5.41) is 19.2. The van der Waals surface area contributed by atoms with Crippen molar-refractivity contribution >= 4 is 187 Å². The van der Waals surface area contributed by atoms with Gasteiger partial charge >= 0.3 is 0 Å². The van der Waals surface area contributed by atoms with Crippen molar-refractivity contribution in [1.29, 1.82) is 0 Å². The van der Waals surface area contributed by atoms with E-state index >= 15 is 0 Å². The molecule has 0 atom stereocenters. The van der Waals surface area contributed by atoms with Crippen LogP contribution in [0, 0.1) is 0 Å². The predicted molar refractivity (Wildman–Crippen MR) is 622 cm³/mol. The van der Waals surface area contributed by atoms with Crippen molar-refractivity contribution < 1.29 is 8.83 Å². The Hall–Kier alpha value is -19.8. The van der Waals surface area contributed by atoms with Gasteiger partial charge in [0.15, 0.2) is 0 Å². The van der Waals surface area contributed by atoms with E-state index in [0.29, 0.717) is 0 Å². The third-order valence-electron chi connectivity index (χ3n) is 30.2. The standard InChI is InChI=1S/2C70H45N3O/c1-3-13-54(14-4-1)72-66-21-11-8-18-60(66)63-43-51(31-39-67(63)72)46-25-33-56(34-26-46)71(57-35-27-47(28-36-57)52-32-40-70-64(44-52)62-19-9-12-22-69(62)74-70)58-37-29-49-41-48(23-24-50(49)42-58)53-30-38-61-59-17-7-10-20-65(59)73(68(61)45-53)55-15-5-2-6-16-55;1-3-15-51(16-4-1)72-65-25-13-10-22-59(65)62-44-50(32-40-67(62)72)55-39-41-66(57-20-8-7-19-56(55)57)71(53-34-27-46(28-35-53)48-33-42-70-63(43-48)61-23-11-14-26-69(61)74-70)54-36-29-47(30-37-54)49-31-38-60-58-21-9-12-24-64(58)73(68(60)45-49)52-17-5-2-6-18-52/h2*1-45H. The summed E-state index contributed by atoms with van der Waals surface area (Å²) in [6.07, 6.45) is 0. The number of furan rings is 2. The zero-order valence-electron chi connectivity index (χ0n) is 80.5. The Balaban J connectivity index is 0.000000140. The lowest BCUT2D eigenvalue weighted by Gasteiger charge is -2.28. The van der Waals surface area contributed by atoms with Gasteiger partial charge in [0.25, 0.3) is 0 Å². The first-order chi connectivity index (χ1) is 73.4. The van der Waals surface area contributed by atoms with E-state index in [-0.39, 0.29) is 0 Å². The first kappa shape index (κ1) is 85.0. The number of fused-ring (bicyclic) bond motifs is 20. The third kappa shape index (κ3) is 14.4. The van der Waals surface area contributed by atoms with Crippen LogP contribution in [0.5, 0.6) is 0 Å². The summed E-state index contributed by atoms with van der Waals surface area (Å²) in [7, 11) is 0. The lowest BCUT2D eigenvalue weighted by molar-refractivity contribution is 0.668. The van der Waals surface area contributed by atoms with E-state index in [0.717, 1.165) is 134 Å². The van der Waals surface area contributed by atoms with Gasteiger partial charge in [0.05, 0.1) is 49.8 Å². The second kappa shape index (κ2) is 35.1. The van der Waals surface area contributed by atoms with Crippen LogP contribution in [0.4, 0.5) is 34.1 Å².